The lowest BCUT2D eigenvalue weighted by Gasteiger charge is -2.18. The van der Waals surface area contributed by atoms with E-state index in [1.807, 2.05) is 0 Å². The molecule has 3 fully saturated rings. The third-order valence-electron chi connectivity index (χ3n) is 6.82. The zero-order chi connectivity index (χ0) is 24.9. The highest BCUT2D eigenvalue weighted by Gasteiger charge is 2.38. The standard InChI is InChI=1S/C24H27N7O4S/c32-17-4-3-16(9-17)28-20-10-22(26-12-19(20)23(33)14-1-2-14)29-21-7-8-25-24(30-21)15-11-27-31(13-15)36(34,35)18-5-6-18/h7-8,10-14,16-18,32H,1-6,9H2,(H2,25,26,28,29,30)/t16-,17-/m0/s1. The van der Waals surface area contributed by atoms with Crippen LogP contribution in [0.5, 0.6) is 0 Å². The Balaban J connectivity index is 1.24. The summed E-state index contributed by atoms with van der Waals surface area (Å²) < 4.78 is 25.9. The Hall–Kier alpha value is -3.38. The third kappa shape index (κ3) is 4.70. The fourth-order valence-corrected chi connectivity index (χ4v) is 5.97. The minimum absolute atomic E-state index is 0.0643. The number of nitrogens with one attached hydrogen (secondary N) is 2. The lowest BCUT2D eigenvalue weighted by Crippen LogP contribution is -2.19. The Kier molecular flexibility index (Phi) is 5.72. The van der Waals surface area contributed by atoms with E-state index in [1.165, 1.54) is 12.4 Å². The second-order valence-electron chi connectivity index (χ2n) is 9.80. The molecule has 11 nitrogen and oxygen atoms in total. The van der Waals surface area contributed by atoms with Crippen LogP contribution in [0.2, 0.25) is 0 Å². The molecule has 0 radical (unpaired) electrons. The van der Waals surface area contributed by atoms with Crippen molar-refractivity contribution in [3.63, 3.8) is 0 Å². The normalized spacial score (nSPS) is 21.9. The average molecular weight is 510 g/mol. The zero-order valence-electron chi connectivity index (χ0n) is 19.5. The predicted molar refractivity (Wildman–Crippen MR) is 132 cm³/mol. The highest BCUT2D eigenvalue weighted by atomic mass is 32.2. The maximum atomic E-state index is 12.8. The first-order valence-corrected chi connectivity index (χ1v) is 13.8. The molecule has 0 saturated heterocycles. The molecular formula is C24H27N7O4S. The molecule has 0 spiro atoms. The average Bonchev–Trinajstić information content (AvgIpc) is 3.79. The Labute approximate surface area is 208 Å². The molecule has 3 aliphatic carbocycles. The highest BCUT2D eigenvalue weighted by Crippen LogP contribution is 2.36. The molecule has 3 saturated carbocycles. The van der Waals surface area contributed by atoms with E-state index in [9.17, 15) is 18.3 Å². The molecular weight excluding hydrogens is 482 g/mol. The number of anilines is 3. The van der Waals surface area contributed by atoms with Crippen LogP contribution >= 0.6 is 0 Å². The van der Waals surface area contributed by atoms with Gasteiger partial charge in [-0.3, -0.25) is 4.79 Å². The van der Waals surface area contributed by atoms with Gasteiger partial charge >= 0.3 is 0 Å². The van der Waals surface area contributed by atoms with E-state index in [1.54, 1.807) is 24.5 Å². The van der Waals surface area contributed by atoms with Crippen LogP contribution in [0.4, 0.5) is 17.3 Å². The number of aliphatic hydroxyl groups is 1. The van der Waals surface area contributed by atoms with Crippen molar-refractivity contribution in [3.05, 3.63) is 42.5 Å². The van der Waals surface area contributed by atoms with Crippen molar-refractivity contribution in [2.24, 2.45) is 5.92 Å². The first kappa shape index (κ1) is 23.0. The van der Waals surface area contributed by atoms with Crippen molar-refractivity contribution in [3.8, 4) is 11.4 Å². The van der Waals surface area contributed by atoms with E-state index in [2.05, 4.69) is 30.7 Å². The van der Waals surface area contributed by atoms with Gasteiger partial charge in [-0.15, -0.1) is 0 Å². The van der Waals surface area contributed by atoms with Gasteiger partial charge in [-0.2, -0.15) is 9.19 Å². The lowest BCUT2D eigenvalue weighted by atomic mass is 10.1. The smallest absolute Gasteiger partial charge is 0.256 e. The summed E-state index contributed by atoms with van der Waals surface area (Å²) in [6.07, 6.45) is 11.0. The Morgan fingerprint density at radius 2 is 1.89 bits per heavy atom. The number of aromatic nitrogens is 5. The largest absolute Gasteiger partial charge is 0.393 e. The molecule has 3 aliphatic rings. The zero-order valence-corrected chi connectivity index (χ0v) is 20.4. The topological polar surface area (TPSA) is 152 Å². The SMILES string of the molecule is O=C(c1cnc(Nc2ccnc(-c3cnn(S(=O)(=O)C4CC4)c3)n2)cc1N[C@H]1CC[C@H](O)C1)C1CC1. The molecule has 3 N–H and O–H groups in total. The van der Waals surface area contributed by atoms with Gasteiger partial charge in [-0.05, 0) is 51.0 Å². The van der Waals surface area contributed by atoms with Crippen LogP contribution in [0.1, 0.15) is 55.3 Å². The number of ketones is 1. The third-order valence-corrected chi connectivity index (χ3v) is 8.85. The molecule has 188 valence electrons. The van der Waals surface area contributed by atoms with Crippen LogP contribution < -0.4 is 10.6 Å². The second kappa shape index (κ2) is 8.93. The first-order valence-electron chi connectivity index (χ1n) is 12.2. The maximum Gasteiger partial charge on any atom is 0.256 e. The minimum Gasteiger partial charge on any atom is -0.393 e. The maximum absolute atomic E-state index is 12.8. The summed E-state index contributed by atoms with van der Waals surface area (Å²) in [5.74, 6) is 1.46. The molecule has 6 rings (SSSR count). The molecule has 0 aromatic carbocycles. The number of hydrogen-bond donors (Lipinski definition) is 3. The quantitative estimate of drug-likeness (QED) is 0.367. The highest BCUT2D eigenvalue weighted by molar-refractivity contribution is 7.90. The number of carbonyl (C=O) groups excluding carboxylic acids is 1. The van der Waals surface area contributed by atoms with Crippen molar-refractivity contribution < 1.29 is 18.3 Å². The molecule has 36 heavy (non-hydrogen) atoms. The van der Waals surface area contributed by atoms with Crippen molar-refractivity contribution in [1.29, 1.82) is 0 Å². The van der Waals surface area contributed by atoms with Gasteiger partial charge < -0.3 is 15.7 Å². The number of nitrogens with zero attached hydrogens (tertiary/aromatic N) is 5. The molecule has 3 heterocycles. The van der Waals surface area contributed by atoms with E-state index in [0.29, 0.717) is 53.5 Å². The molecule has 3 aromatic rings. The summed E-state index contributed by atoms with van der Waals surface area (Å²) in [6.45, 7) is 0. The van der Waals surface area contributed by atoms with Crippen LogP contribution in [0.25, 0.3) is 11.4 Å². The van der Waals surface area contributed by atoms with Crippen LogP contribution in [0.15, 0.2) is 36.9 Å². The van der Waals surface area contributed by atoms with Crippen molar-refractivity contribution in [1.82, 2.24) is 24.1 Å². The second-order valence-corrected chi connectivity index (χ2v) is 11.9. The number of hydrogen-bond acceptors (Lipinski definition) is 10. The Morgan fingerprint density at radius 3 is 2.61 bits per heavy atom. The fourth-order valence-electron chi connectivity index (χ4n) is 4.49. The first-order chi connectivity index (χ1) is 17.4. The van der Waals surface area contributed by atoms with Crippen LogP contribution in [0, 0.1) is 5.92 Å². The number of Topliss-reactive ketones (excluding diaryl/α,β-unsaturated/α-hetero) is 1. The minimum atomic E-state index is -3.47. The molecule has 3 aromatic heterocycles. The van der Waals surface area contributed by atoms with Gasteiger partial charge in [0.2, 0.25) is 0 Å². The number of pyridine rings is 1. The van der Waals surface area contributed by atoms with Gasteiger partial charge in [-0.25, -0.2) is 23.4 Å². The fraction of sp³-hybridized carbons (Fsp3) is 0.458. The van der Waals surface area contributed by atoms with E-state index < -0.39 is 10.0 Å². The Bertz CT molecular complexity index is 1420. The predicted octanol–water partition coefficient (Wildman–Crippen LogP) is 2.74. The van der Waals surface area contributed by atoms with E-state index in [0.717, 1.165) is 29.8 Å². The number of aliphatic hydroxyl groups excluding tert-OH is 1. The van der Waals surface area contributed by atoms with Crippen LogP contribution in [-0.4, -0.2) is 60.8 Å². The monoisotopic (exact) mass is 509 g/mol. The molecule has 2 atom stereocenters. The summed E-state index contributed by atoms with van der Waals surface area (Å²) in [7, 11) is -3.47. The van der Waals surface area contributed by atoms with Crippen LogP contribution in [-0.2, 0) is 10.0 Å². The van der Waals surface area contributed by atoms with Crippen LogP contribution in [0.3, 0.4) is 0 Å². The van der Waals surface area contributed by atoms with Gasteiger partial charge in [-0.1, -0.05) is 0 Å². The van der Waals surface area contributed by atoms with E-state index in [4.69, 9.17) is 0 Å². The van der Waals surface area contributed by atoms with E-state index >= 15 is 0 Å². The Morgan fingerprint density at radius 1 is 1.06 bits per heavy atom. The molecule has 12 heteroatoms. The lowest BCUT2D eigenvalue weighted by molar-refractivity contribution is 0.0968. The summed E-state index contributed by atoms with van der Waals surface area (Å²) in [5, 5.41) is 20.1. The molecule has 0 amide bonds. The van der Waals surface area contributed by atoms with Gasteiger partial charge in [0.1, 0.15) is 11.6 Å². The molecule has 0 bridgehead atoms. The summed E-state index contributed by atoms with van der Waals surface area (Å²) in [6, 6.07) is 3.57. The van der Waals surface area contributed by atoms with Gasteiger partial charge in [0.05, 0.1) is 40.6 Å². The van der Waals surface area contributed by atoms with Gasteiger partial charge in [0.15, 0.2) is 11.6 Å². The van der Waals surface area contributed by atoms with Gasteiger partial charge in [0, 0.05) is 30.4 Å². The molecule has 0 aliphatic heterocycles. The summed E-state index contributed by atoms with van der Waals surface area (Å²) in [4.78, 5) is 26.0. The van der Waals surface area contributed by atoms with Crippen molar-refractivity contribution >= 4 is 33.1 Å². The van der Waals surface area contributed by atoms with Crippen molar-refractivity contribution in [2.45, 2.75) is 62.3 Å². The van der Waals surface area contributed by atoms with Crippen molar-refractivity contribution in [2.75, 3.05) is 10.6 Å². The number of rotatable bonds is 9. The van der Waals surface area contributed by atoms with E-state index in [-0.39, 0.29) is 29.1 Å². The number of carbonyl (C=O) groups is 1. The molecule has 0 unspecified atom stereocenters. The summed E-state index contributed by atoms with van der Waals surface area (Å²) in [5.41, 5.74) is 1.75. The summed E-state index contributed by atoms with van der Waals surface area (Å²) >= 11 is 0. The van der Waals surface area contributed by atoms with Gasteiger partial charge in [0.25, 0.3) is 10.0 Å².